The van der Waals surface area contributed by atoms with Crippen LogP contribution in [-0.4, -0.2) is 12.1 Å². The Hall–Kier alpha value is -0.530. The molecular formula is C25H44O2. The number of rotatable bonds is 8. The van der Waals surface area contributed by atoms with Crippen LogP contribution in [0.25, 0.3) is 0 Å². The van der Waals surface area contributed by atoms with Gasteiger partial charge < -0.3 is 4.74 Å². The number of hydrogen-bond acceptors (Lipinski definition) is 2. The average molecular weight is 377 g/mol. The van der Waals surface area contributed by atoms with Crippen LogP contribution >= 0.6 is 0 Å². The van der Waals surface area contributed by atoms with Crippen molar-refractivity contribution in [1.29, 1.82) is 0 Å². The topological polar surface area (TPSA) is 26.3 Å². The van der Waals surface area contributed by atoms with Gasteiger partial charge in [-0.25, -0.2) is 0 Å². The summed E-state index contributed by atoms with van der Waals surface area (Å²) in [6.45, 7) is 1.91. The van der Waals surface area contributed by atoms with Crippen molar-refractivity contribution in [2.75, 3.05) is 0 Å². The number of unbranched alkanes of at least 4 members (excludes halogenated alkanes) is 1. The summed E-state index contributed by atoms with van der Waals surface area (Å²) in [5.41, 5.74) is 0.572. The molecule has 3 fully saturated rings. The molecule has 0 heterocycles. The van der Waals surface area contributed by atoms with Crippen LogP contribution in [0, 0.1) is 17.3 Å². The molecule has 2 nitrogen and oxygen atoms in total. The van der Waals surface area contributed by atoms with Crippen molar-refractivity contribution in [2.45, 2.75) is 135 Å². The van der Waals surface area contributed by atoms with Crippen molar-refractivity contribution < 1.29 is 9.53 Å². The molecule has 156 valence electrons. The van der Waals surface area contributed by atoms with Gasteiger partial charge in [0.15, 0.2) is 0 Å². The molecule has 0 aliphatic heterocycles. The highest BCUT2D eigenvalue weighted by atomic mass is 16.5. The Kier molecular flexibility index (Phi) is 8.52. The highest BCUT2D eigenvalue weighted by Gasteiger charge is 2.42. The van der Waals surface area contributed by atoms with E-state index >= 15 is 0 Å². The molecule has 27 heavy (non-hydrogen) atoms. The molecule has 2 heteroatoms. The van der Waals surface area contributed by atoms with Gasteiger partial charge in [0.25, 0.3) is 0 Å². The van der Waals surface area contributed by atoms with E-state index in [0.717, 1.165) is 24.7 Å². The van der Waals surface area contributed by atoms with Gasteiger partial charge in [0.1, 0.15) is 6.10 Å². The predicted octanol–water partition coefficient (Wildman–Crippen LogP) is 7.59. The van der Waals surface area contributed by atoms with Gasteiger partial charge in [-0.05, 0) is 62.2 Å². The van der Waals surface area contributed by atoms with Gasteiger partial charge in [-0.1, -0.05) is 77.6 Å². The quantitative estimate of drug-likeness (QED) is 0.322. The van der Waals surface area contributed by atoms with Crippen LogP contribution < -0.4 is 0 Å². The summed E-state index contributed by atoms with van der Waals surface area (Å²) in [5.74, 6) is 1.98. The summed E-state index contributed by atoms with van der Waals surface area (Å²) in [4.78, 5) is 11.7. The van der Waals surface area contributed by atoms with Crippen LogP contribution in [0.4, 0.5) is 0 Å². The van der Waals surface area contributed by atoms with Gasteiger partial charge >= 0.3 is 5.97 Å². The Morgan fingerprint density at radius 2 is 1.48 bits per heavy atom. The number of ether oxygens (including phenoxy) is 1. The monoisotopic (exact) mass is 376 g/mol. The second kappa shape index (κ2) is 10.9. The molecule has 3 rings (SSSR count). The van der Waals surface area contributed by atoms with E-state index in [9.17, 15) is 4.79 Å². The normalized spacial score (nSPS) is 30.9. The summed E-state index contributed by atoms with van der Waals surface area (Å²) >= 11 is 0. The van der Waals surface area contributed by atoms with Crippen molar-refractivity contribution >= 4 is 5.97 Å². The van der Waals surface area contributed by atoms with E-state index in [4.69, 9.17) is 4.74 Å². The van der Waals surface area contributed by atoms with Gasteiger partial charge in [-0.3, -0.25) is 4.79 Å². The maximum atomic E-state index is 11.7. The maximum Gasteiger partial charge on any atom is 0.305 e. The fraction of sp³-hybridized carbons (Fsp3) is 0.960. The molecule has 0 N–H and O–H groups in total. The number of hydrogen-bond donors (Lipinski definition) is 0. The molecule has 0 spiro atoms. The van der Waals surface area contributed by atoms with Crippen LogP contribution in [-0.2, 0) is 9.53 Å². The van der Waals surface area contributed by atoms with Crippen LogP contribution in [0.15, 0.2) is 0 Å². The molecular weight excluding hydrogens is 332 g/mol. The smallest absolute Gasteiger partial charge is 0.305 e. The second-order valence-corrected chi connectivity index (χ2v) is 9.99. The lowest BCUT2D eigenvalue weighted by atomic mass is 9.59. The highest BCUT2D eigenvalue weighted by Crippen LogP contribution is 2.52. The third-order valence-electron chi connectivity index (χ3n) is 8.25. The molecule has 0 aromatic carbocycles. The lowest BCUT2D eigenvalue weighted by molar-refractivity contribution is -0.152. The molecule has 0 aromatic heterocycles. The average Bonchev–Trinajstić information content (AvgIpc) is 2.74. The third kappa shape index (κ3) is 6.23. The fourth-order valence-electron chi connectivity index (χ4n) is 6.52. The Labute approximate surface area is 168 Å². The number of carbonyl (C=O) groups excluding carboxylic acids is 1. The minimum absolute atomic E-state index is 0.00218. The predicted molar refractivity (Wildman–Crippen MR) is 113 cm³/mol. The maximum absolute atomic E-state index is 11.7. The van der Waals surface area contributed by atoms with Crippen LogP contribution in [0.1, 0.15) is 129 Å². The lowest BCUT2D eigenvalue weighted by Crippen LogP contribution is -2.38. The third-order valence-corrected chi connectivity index (χ3v) is 8.25. The highest BCUT2D eigenvalue weighted by molar-refractivity contribution is 5.69. The number of esters is 1. The van der Waals surface area contributed by atoms with E-state index in [1.807, 2.05) is 6.92 Å². The van der Waals surface area contributed by atoms with Crippen LogP contribution in [0.2, 0.25) is 0 Å². The summed E-state index contributed by atoms with van der Waals surface area (Å²) in [6.07, 6.45) is 26.1. The zero-order valence-electron chi connectivity index (χ0n) is 18.0. The van der Waals surface area contributed by atoms with Gasteiger partial charge in [0.2, 0.25) is 0 Å². The molecule has 3 aliphatic carbocycles. The van der Waals surface area contributed by atoms with Crippen LogP contribution in [0.5, 0.6) is 0 Å². The SMILES string of the molecule is CCC(=O)O[C@H]1CC[C@@](CCCCC2CCCCC2)(C2CCCCC2)CC1. The van der Waals surface area contributed by atoms with E-state index in [1.165, 1.54) is 103 Å². The van der Waals surface area contributed by atoms with E-state index in [1.54, 1.807) is 0 Å². The first-order chi connectivity index (χ1) is 13.2. The largest absolute Gasteiger partial charge is 0.462 e. The van der Waals surface area contributed by atoms with Crippen molar-refractivity contribution in [3.8, 4) is 0 Å². The first kappa shape index (κ1) is 21.2. The van der Waals surface area contributed by atoms with E-state index in [-0.39, 0.29) is 12.1 Å². The Morgan fingerprint density at radius 1 is 0.852 bits per heavy atom. The molecule has 0 amide bonds. The lowest BCUT2D eigenvalue weighted by Gasteiger charge is -2.47. The van der Waals surface area contributed by atoms with Gasteiger partial charge in [0, 0.05) is 6.42 Å². The molecule has 0 saturated heterocycles. The van der Waals surface area contributed by atoms with Crippen molar-refractivity contribution in [3.05, 3.63) is 0 Å². The first-order valence-corrected chi connectivity index (χ1v) is 12.4. The Balaban J connectivity index is 1.49. The van der Waals surface area contributed by atoms with Gasteiger partial charge in [-0.2, -0.15) is 0 Å². The summed E-state index contributed by atoms with van der Waals surface area (Å²) in [5, 5.41) is 0. The molecule has 0 radical (unpaired) electrons. The molecule has 0 bridgehead atoms. The van der Waals surface area contributed by atoms with Gasteiger partial charge in [-0.15, -0.1) is 0 Å². The van der Waals surface area contributed by atoms with Crippen molar-refractivity contribution in [3.63, 3.8) is 0 Å². The molecule has 0 unspecified atom stereocenters. The molecule has 0 aromatic rings. The molecule has 0 atom stereocenters. The Bertz CT molecular complexity index is 424. The van der Waals surface area contributed by atoms with Crippen LogP contribution in [0.3, 0.4) is 0 Å². The minimum Gasteiger partial charge on any atom is -0.462 e. The van der Waals surface area contributed by atoms with E-state index in [0.29, 0.717) is 11.8 Å². The van der Waals surface area contributed by atoms with E-state index < -0.39 is 0 Å². The fourth-order valence-corrected chi connectivity index (χ4v) is 6.52. The minimum atomic E-state index is -0.00218. The molecule has 3 saturated carbocycles. The summed E-state index contributed by atoms with van der Waals surface area (Å²) < 4.78 is 5.69. The second-order valence-electron chi connectivity index (χ2n) is 9.99. The van der Waals surface area contributed by atoms with Gasteiger partial charge in [0.05, 0.1) is 0 Å². The van der Waals surface area contributed by atoms with Crippen molar-refractivity contribution in [1.82, 2.24) is 0 Å². The Morgan fingerprint density at radius 3 is 2.11 bits per heavy atom. The number of carbonyl (C=O) groups is 1. The molecule has 3 aliphatic rings. The summed E-state index contributed by atoms with van der Waals surface area (Å²) in [7, 11) is 0. The zero-order valence-corrected chi connectivity index (χ0v) is 18.0. The van der Waals surface area contributed by atoms with Crippen molar-refractivity contribution in [2.24, 2.45) is 17.3 Å². The van der Waals surface area contributed by atoms with E-state index in [2.05, 4.69) is 0 Å². The zero-order chi connectivity index (χ0) is 19.0. The standard InChI is InChI=1S/C25H44O2/c1-2-24(26)27-23-16-19-25(20-17-23,22-14-7-4-8-15-22)18-10-9-13-21-11-5-3-6-12-21/h21-23H,2-20H2,1H3/t23-,25+. The summed E-state index contributed by atoms with van der Waals surface area (Å²) in [6, 6.07) is 0. The first-order valence-electron chi connectivity index (χ1n) is 12.4.